The molecule has 0 fully saturated rings. The molecule has 0 aliphatic heterocycles. The van der Waals surface area contributed by atoms with Gasteiger partial charge in [-0.05, 0) is 48.4 Å². The Labute approximate surface area is 127 Å². The van der Waals surface area contributed by atoms with Gasteiger partial charge >= 0.3 is 5.97 Å². The molecular weight excluding hydrogens is 286 g/mol. The van der Waals surface area contributed by atoms with Crippen LogP contribution in [0.5, 0.6) is 0 Å². The van der Waals surface area contributed by atoms with Crippen LogP contribution in [0.3, 0.4) is 0 Å². The van der Waals surface area contributed by atoms with E-state index in [1.807, 2.05) is 32.2 Å². The molecule has 4 nitrogen and oxygen atoms in total. The van der Waals surface area contributed by atoms with Gasteiger partial charge in [0, 0.05) is 5.38 Å². The summed E-state index contributed by atoms with van der Waals surface area (Å²) >= 11 is 1.42. The van der Waals surface area contributed by atoms with Gasteiger partial charge in [0.1, 0.15) is 0 Å². The van der Waals surface area contributed by atoms with E-state index in [9.17, 15) is 14.7 Å². The summed E-state index contributed by atoms with van der Waals surface area (Å²) < 4.78 is 0. The SMILES string of the molecule is Cc1cscc1C(=O)NC(C(=O)O)c1cccc(C)c1C. The van der Waals surface area contributed by atoms with Gasteiger partial charge in [-0.3, -0.25) is 4.79 Å². The third-order valence-corrected chi connectivity index (χ3v) is 4.44. The van der Waals surface area contributed by atoms with E-state index in [-0.39, 0.29) is 5.91 Å². The van der Waals surface area contributed by atoms with Crippen LogP contribution in [0.2, 0.25) is 0 Å². The molecule has 2 rings (SSSR count). The summed E-state index contributed by atoms with van der Waals surface area (Å²) in [5, 5.41) is 15.7. The van der Waals surface area contributed by atoms with E-state index < -0.39 is 12.0 Å². The fourth-order valence-electron chi connectivity index (χ4n) is 2.16. The fourth-order valence-corrected chi connectivity index (χ4v) is 2.99. The van der Waals surface area contributed by atoms with Crippen molar-refractivity contribution in [2.75, 3.05) is 0 Å². The first-order valence-electron chi connectivity index (χ1n) is 6.54. The van der Waals surface area contributed by atoms with Gasteiger partial charge in [-0.15, -0.1) is 0 Å². The second-order valence-corrected chi connectivity index (χ2v) is 5.75. The number of carboxylic acids is 1. The molecule has 0 saturated carbocycles. The molecular formula is C16H17NO3S. The normalized spacial score (nSPS) is 12.0. The number of nitrogens with one attached hydrogen (secondary N) is 1. The lowest BCUT2D eigenvalue weighted by atomic mass is 9.97. The number of thiophene rings is 1. The summed E-state index contributed by atoms with van der Waals surface area (Å²) in [7, 11) is 0. The average Bonchev–Trinajstić information content (AvgIpc) is 2.85. The number of carboxylic acid groups (broad SMARTS) is 1. The van der Waals surface area contributed by atoms with Crippen LogP contribution in [0.25, 0.3) is 0 Å². The quantitative estimate of drug-likeness (QED) is 0.911. The topological polar surface area (TPSA) is 66.4 Å². The molecule has 1 unspecified atom stereocenters. The van der Waals surface area contributed by atoms with Crippen LogP contribution in [0.15, 0.2) is 29.0 Å². The Balaban J connectivity index is 2.33. The van der Waals surface area contributed by atoms with Crippen molar-refractivity contribution >= 4 is 23.2 Å². The summed E-state index contributed by atoms with van der Waals surface area (Å²) in [5.41, 5.74) is 3.87. The van der Waals surface area contributed by atoms with Crippen LogP contribution in [-0.4, -0.2) is 17.0 Å². The molecule has 2 N–H and O–H groups in total. The highest BCUT2D eigenvalue weighted by molar-refractivity contribution is 7.08. The summed E-state index contributed by atoms with van der Waals surface area (Å²) in [6, 6.07) is 4.41. The lowest BCUT2D eigenvalue weighted by Gasteiger charge is -2.18. The minimum absolute atomic E-state index is 0.359. The Morgan fingerprint density at radius 1 is 1.14 bits per heavy atom. The second-order valence-electron chi connectivity index (χ2n) is 5.00. The molecule has 110 valence electrons. The van der Waals surface area contributed by atoms with Crippen LogP contribution in [0.4, 0.5) is 0 Å². The van der Waals surface area contributed by atoms with Crippen LogP contribution in [-0.2, 0) is 4.79 Å². The summed E-state index contributed by atoms with van der Waals surface area (Å²) in [6.07, 6.45) is 0. The third-order valence-electron chi connectivity index (χ3n) is 3.58. The lowest BCUT2D eigenvalue weighted by Crippen LogP contribution is -2.34. The van der Waals surface area contributed by atoms with Gasteiger partial charge in [-0.25, -0.2) is 4.79 Å². The molecule has 1 amide bonds. The van der Waals surface area contributed by atoms with Gasteiger partial charge in [0.2, 0.25) is 0 Å². The van der Waals surface area contributed by atoms with Gasteiger partial charge in [0.05, 0.1) is 5.56 Å². The van der Waals surface area contributed by atoms with Crippen molar-refractivity contribution in [3.63, 3.8) is 0 Å². The molecule has 0 spiro atoms. The minimum atomic E-state index is -1.06. The zero-order valence-electron chi connectivity index (χ0n) is 12.1. The summed E-state index contributed by atoms with van der Waals surface area (Å²) in [4.78, 5) is 23.8. The molecule has 21 heavy (non-hydrogen) atoms. The Hall–Kier alpha value is -2.14. The van der Waals surface area contributed by atoms with E-state index >= 15 is 0 Å². The van der Waals surface area contributed by atoms with E-state index in [4.69, 9.17) is 0 Å². The molecule has 0 radical (unpaired) electrons. The average molecular weight is 303 g/mol. The van der Waals surface area contributed by atoms with E-state index in [0.717, 1.165) is 16.7 Å². The van der Waals surface area contributed by atoms with Gasteiger partial charge < -0.3 is 10.4 Å². The number of aryl methyl sites for hydroxylation is 2. The Morgan fingerprint density at radius 3 is 2.43 bits per heavy atom. The number of hydrogen-bond donors (Lipinski definition) is 2. The Morgan fingerprint density at radius 2 is 1.86 bits per heavy atom. The highest BCUT2D eigenvalue weighted by Gasteiger charge is 2.25. The van der Waals surface area contributed by atoms with E-state index in [1.165, 1.54) is 11.3 Å². The zero-order valence-corrected chi connectivity index (χ0v) is 13.0. The molecule has 0 saturated heterocycles. The van der Waals surface area contributed by atoms with Crippen molar-refractivity contribution in [3.8, 4) is 0 Å². The monoisotopic (exact) mass is 303 g/mol. The highest BCUT2D eigenvalue weighted by Crippen LogP contribution is 2.22. The number of carbonyl (C=O) groups excluding carboxylic acids is 1. The molecule has 0 bridgehead atoms. The van der Waals surface area contributed by atoms with Crippen molar-refractivity contribution in [3.05, 3.63) is 56.8 Å². The maximum absolute atomic E-state index is 12.2. The first kappa shape index (κ1) is 15.3. The lowest BCUT2D eigenvalue weighted by molar-refractivity contribution is -0.139. The third kappa shape index (κ3) is 3.13. The van der Waals surface area contributed by atoms with Crippen LogP contribution >= 0.6 is 11.3 Å². The van der Waals surface area contributed by atoms with Crippen molar-refractivity contribution < 1.29 is 14.7 Å². The van der Waals surface area contributed by atoms with Gasteiger partial charge in [-0.2, -0.15) is 11.3 Å². The Bertz CT molecular complexity index is 691. The van der Waals surface area contributed by atoms with Gasteiger partial charge in [0.15, 0.2) is 6.04 Å². The molecule has 1 heterocycles. The van der Waals surface area contributed by atoms with Crippen molar-refractivity contribution in [1.82, 2.24) is 5.32 Å². The van der Waals surface area contributed by atoms with Crippen LogP contribution < -0.4 is 5.32 Å². The van der Waals surface area contributed by atoms with Crippen molar-refractivity contribution in [1.29, 1.82) is 0 Å². The molecule has 1 aromatic heterocycles. The molecule has 1 atom stereocenters. The smallest absolute Gasteiger partial charge is 0.330 e. The number of benzene rings is 1. The first-order chi connectivity index (χ1) is 9.91. The largest absolute Gasteiger partial charge is 0.479 e. The second kappa shape index (κ2) is 6.10. The van der Waals surface area contributed by atoms with E-state index in [0.29, 0.717) is 11.1 Å². The number of carbonyl (C=O) groups is 2. The maximum atomic E-state index is 12.2. The molecule has 5 heteroatoms. The number of amides is 1. The molecule has 0 aliphatic carbocycles. The highest BCUT2D eigenvalue weighted by atomic mass is 32.1. The number of hydrogen-bond acceptors (Lipinski definition) is 3. The molecule has 2 aromatic rings. The number of aliphatic carboxylic acids is 1. The van der Waals surface area contributed by atoms with Crippen LogP contribution in [0, 0.1) is 20.8 Å². The summed E-state index contributed by atoms with van der Waals surface area (Å²) in [5.74, 6) is -1.42. The van der Waals surface area contributed by atoms with E-state index in [1.54, 1.807) is 17.5 Å². The molecule has 0 aliphatic rings. The zero-order chi connectivity index (χ0) is 15.6. The first-order valence-corrected chi connectivity index (χ1v) is 7.48. The van der Waals surface area contributed by atoms with Crippen molar-refractivity contribution in [2.45, 2.75) is 26.8 Å². The van der Waals surface area contributed by atoms with Gasteiger partial charge in [0.25, 0.3) is 5.91 Å². The van der Waals surface area contributed by atoms with E-state index in [2.05, 4.69) is 5.32 Å². The fraction of sp³-hybridized carbons (Fsp3) is 0.250. The molecule has 1 aromatic carbocycles. The summed E-state index contributed by atoms with van der Waals surface area (Å²) in [6.45, 7) is 5.62. The van der Waals surface area contributed by atoms with Gasteiger partial charge in [-0.1, -0.05) is 18.2 Å². The predicted octanol–water partition coefficient (Wildman–Crippen LogP) is 3.23. The van der Waals surface area contributed by atoms with Crippen molar-refractivity contribution in [2.24, 2.45) is 0 Å². The number of rotatable bonds is 4. The standard InChI is InChI=1S/C16H17NO3S/c1-9-5-4-6-12(11(9)3)14(16(19)20)17-15(18)13-8-21-7-10(13)2/h4-8,14H,1-3H3,(H,17,18)(H,19,20). The minimum Gasteiger partial charge on any atom is -0.479 e. The maximum Gasteiger partial charge on any atom is 0.330 e. The predicted molar refractivity (Wildman–Crippen MR) is 82.8 cm³/mol. The Kier molecular flexibility index (Phi) is 4.43. The van der Waals surface area contributed by atoms with Crippen LogP contribution in [0.1, 0.15) is 38.7 Å².